The van der Waals surface area contributed by atoms with Gasteiger partial charge in [0.25, 0.3) is 11.8 Å². The number of nitrogens with zero attached hydrogens (tertiary/aromatic N) is 3. The molecule has 2 aromatic heterocycles. The zero-order valence-corrected chi connectivity index (χ0v) is 26.3. The second-order valence-corrected chi connectivity index (χ2v) is 12.7. The van der Waals surface area contributed by atoms with Gasteiger partial charge in [-0.15, -0.1) is 0 Å². The first-order valence-electron chi connectivity index (χ1n) is 13.6. The topological polar surface area (TPSA) is 177 Å². The predicted molar refractivity (Wildman–Crippen MR) is 168 cm³/mol. The number of aliphatic hydroxyl groups is 1. The van der Waals surface area contributed by atoms with Crippen molar-refractivity contribution in [3.63, 3.8) is 0 Å². The fourth-order valence-corrected chi connectivity index (χ4v) is 5.49. The van der Waals surface area contributed by atoms with Gasteiger partial charge in [0.2, 0.25) is 4.30 Å². The summed E-state index contributed by atoms with van der Waals surface area (Å²) >= 11 is -1.10. The van der Waals surface area contributed by atoms with E-state index in [1.807, 2.05) is 0 Å². The highest BCUT2D eigenvalue weighted by molar-refractivity contribution is 14.2. The number of rotatable bonds is 12. The van der Waals surface area contributed by atoms with Gasteiger partial charge in [0, 0.05) is 17.5 Å². The Morgan fingerprint density at radius 3 is 2.49 bits per heavy atom. The first-order chi connectivity index (χ1) is 20.4. The SMILES string of the molecule is C=IC(F)n1nc(C(=O)NC2CCC(OC(N)=C(C(N)=O)c3ccc(OC)cn3)CC2)c2ccc(OCC(C)(C)O)cc21. The zero-order chi connectivity index (χ0) is 31.3. The van der Waals surface area contributed by atoms with E-state index in [0.29, 0.717) is 48.1 Å². The minimum absolute atomic E-state index is 0.0231. The second kappa shape index (κ2) is 13.7. The Hall–Kier alpha value is -3.79. The fourth-order valence-electron chi connectivity index (χ4n) is 4.69. The van der Waals surface area contributed by atoms with Gasteiger partial charge in [0.1, 0.15) is 29.8 Å². The highest BCUT2D eigenvalue weighted by Gasteiger charge is 2.28. The summed E-state index contributed by atoms with van der Waals surface area (Å²) in [5, 5.41) is 17.8. The molecule has 6 N–H and O–H groups in total. The smallest absolute Gasteiger partial charge is 0.272 e. The lowest BCUT2D eigenvalue weighted by atomic mass is 9.92. The lowest BCUT2D eigenvalue weighted by Gasteiger charge is -2.29. The number of aromatic nitrogens is 3. The number of hydrogen-bond acceptors (Lipinski definition) is 9. The summed E-state index contributed by atoms with van der Waals surface area (Å²) in [5.41, 5.74) is 11.4. The van der Waals surface area contributed by atoms with Gasteiger partial charge in [0.05, 0.1) is 30.1 Å². The van der Waals surface area contributed by atoms with Crippen LogP contribution in [0.15, 0.2) is 42.4 Å². The molecule has 4 rings (SSSR count). The van der Waals surface area contributed by atoms with Gasteiger partial charge in [-0.2, -0.15) is 5.10 Å². The monoisotopic (exact) mass is 710 g/mol. The quantitative estimate of drug-likeness (QED) is 0.0951. The van der Waals surface area contributed by atoms with Crippen LogP contribution in [0.1, 0.15) is 60.0 Å². The lowest BCUT2D eigenvalue weighted by Crippen LogP contribution is -2.39. The highest BCUT2D eigenvalue weighted by atomic mass is 127. The Kier molecular flexibility index (Phi) is 10.2. The lowest BCUT2D eigenvalue weighted by molar-refractivity contribution is -0.113. The van der Waals surface area contributed by atoms with Gasteiger partial charge in [-0.25, -0.2) is 9.07 Å². The van der Waals surface area contributed by atoms with Gasteiger partial charge in [-0.05, 0) is 63.8 Å². The van der Waals surface area contributed by atoms with Crippen LogP contribution in [0.2, 0.25) is 0 Å². The van der Waals surface area contributed by atoms with Crippen LogP contribution in [-0.4, -0.2) is 67.7 Å². The van der Waals surface area contributed by atoms with Crippen molar-refractivity contribution in [2.75, 3.05) is 13.7 Å². The van der Waals surface area contributed by atoms with Crippen LogP contribution in [-0.2, 0) is 9.53 Å². The van der Waals surface area contributed by atoms with E-state index in [0.717, 1.165) is 0 Å². The van der Waals surface area contributed by atoms with Crippen molar-refractivity contribution in [2.45, 2.75) is 61.6 Å². The fraction of sp³-hybridized carbons (Fsp3) is 0.414. The summed E-state index contributed by atoms with van der Waals surface area (Å²) in [5.74, 6) is -0.369. The number of nitrogens with one attached hydrogen (secondary N) is 1. The van der Waals surface area contributed by atoms with Crippen molar-refractivity contribution >= 4 is 53.5 Å². The molecule has 14 heteroatoms. The minimum Gasteiger partial charge on any atom is -0.495 e. The maximum Gasteiger partial charge on any atom is 0.272 e. The van der Waals surface area contributed by atoms with E-state index in [-0.39, 0.29) is 41.6 Å². The molecule has 1 atom stereocenters. The molecule has 1 aromatic carbocycles. The highest BCUT2D eigenvalue weighted by Crippen LogP contribution is 2.32. The molecule has 0 aliphatic heterocycles. The standard InChI is InChI=1S/C29H36FIN6O6/c1-29(2,40)15-42-18-9-11-20-22(13-18)37(28(30)31-3)36-24(20)27(39)35-16-5-7-17(8-6-16)43-26(33)23(25(32)38)21-12-10-19(41-4)14-34-21/h9-14,16-17,28,40H,3,5-8,15,33H2,1-2,4H3,(H2,32,38)(H,35,39). The third kappa shape index (κ3) is 7.98. The summed E-state index contributed by atoms with van der Waals surface area (Å²) in [7, 11) is 1.50. The van der Waals surface area contributed by atoms with Crippen molar-refractivity contribution in [3.8, 4) is 11.5 Å². The molecule has 1 aliphatic carbocycles. The summed E-state index contributed by atoms with van der Waals surface area (Å²) in [6, 6.07) is 7.96. The number of nitrogens with two attached hydrogens (primary N) is 2. The van der Waals surface area contributed by atoms with Crippen LogP contribution in [0.25, 0.3) is 16.5 Å². The maximum atomic E-state index is 14.8. The van der Waals surface area contributed by atoms with Gasteiger partial charge in [-0.3, -0.25) is 14.6 Å². The van der Waals surface area contributed by atoms with Crippen molar-refractivity contribution in [2.24, 2.45) is 11.5 Å². The van der Waals surface area contributed by atoms with E-state index in [1.54, 1.807) is 44.2 Å². The number of pyridine rings is 1. The van der Waals surface area contributed by atoms with E-state index >= 15 is 0 Å². The largest absolute Gasteiger partial charge is 0.495 e. The molecular formula is C29H36FIN6O6. The van der Waals surface area contributed by atoms with E-state index in [1.165, 1.54) is 18.0 Å². The molecule has 2 heterocycles. The Balaban J connectivity index is 1.43. The molecular weight excluding hydrogens is 674 g/mol. The van der Waals surface area contributed by atoms with E-state index in [2.05, 4.69) is 19.9 Å². The Bertz CT molecular complexity index is 1510. The zero-order valence-electron chi connectivity index (χ0n) is 24.2. The predicted octanol–water partition coefficient (Wildman–Crippen LogP) is 3.29. The summed E-state index contributed by atoms with van der Waals surface area (Å²) < 4.78 is 35.0. The molecule has 0 bridgehead atoms. The summed E-state index contributed by atoms with van der Waals surface area (Å²) in [4.78, 5) is 29.6. The molecule has 12 nitrogen and oxygen atoms in total. The summed E-state index contributed by atoms with van der Waals surface area (Å²) in [6.07, 6.45) is 3.44. The molecule has 1 fully saturated rings. The van der Waals surface area contributed by atoms with Gasteiger partial charge in [-0.1, -0.05) is 25.2 Å². The van der Waals surface area contributed by atoms with Crippen LogP contribution in [0.4, 0.5) is 4.39 Å². The molecule has 232 valence electrons. The Morgan fingerprint density at radius 1 is 1.21 bits per heavy atom. The van der Waals surface area contributed by atoms with Crippen molar-refractivity contribution in [1.29, 1.82) is 0 Å². The molecule has 0 radical (unpaired) electrons. The van der Waals surface area contributed by atoms with E-state index in [9.17, 15) is 19.1 Å². The number of carbonyl (C=O) groups excluding carboxylic acids is 2. The average Bonchev–Trinajstić information content (AvgIpc) is 3.35. The number of alkyl halides is 2. The number of benzene rings is 1. The molecule has 1 saturated carbocycles. The number of fused-ring (bicyclic) bond motifs is 1. The molecule has 0 spiro atoms. The molecule has 3 aromatic rings. The normalized spacial score (nSPS) is 18.4. The minimum atomic E-state index is -1.43. The van der Waals surface area contributed by atoms with E-state index in [4.69, 9.17) is 25.7 Å². The Morgan fingerprint density at radius 2 is 1.91 bits per heavy atom. The number of amides is 2. The van der Waals surface area contributed by atoms with Crippen molar-refractivity contribution < 1.29 is 33.3 Å². The van der Waals surface area contributed by atoms with Crippen LogP contribution in [0.3, 0.4) is 0 Å². The van der Waals surface area contributed by atoms with Gasteiger partial charge in [0.15, 0.2) is 11.6 Å². The third-order valence-corrected chi connectivity index (χ3v) is 8.08. The van der Waals surface area contributed by atoms with E-state index < -0.39 is 42.4 Å². The van der Waals surface area contributed by atoms with Crippen LogP contribution in [0.5, 0.6) is 11.5 Å². The van der Waals surface area contributed by atoms with Crippen molar-refractivity contribution in [1.82, 2.24) is 20.1 Å². The van der Waals surface area contributed by atoms with Crippen LogP contribution in [0, 0.1) is 0 Å². The first-order valence-corrected chi connectivity index (χ1v) is 16.3. The Labute approximate surface area is 258 Å². The average molecular weight is 711 g/mol. The number of ether oxygens (including phenoxy) is 3. The second-order valence-electron chi connectivity index (χ2n) is 10.8. The number of halogens is 2. The molecule has 43 heavy (non-hydrogen) atoms. The van der Waals surface area contributed by atoms with Crippen molar-refractivity contribution in [3.05, 3.63) is 53.8 Å². The molecule has 0 saturated heterocycles. The molecule has 1 unspecified atom stereocenters. The van der Waals surface area contributed by atoms with Gasteiger partial charge < -0.3 is 36.1 Å². The van der Waals surface area contributed by atoms with Crippen LogP contribution < -0.4 is 26.3 Å². The first kappa shape index (κ1) is 32.1. The number of primary amides is 1. The summed E-state index contributed by atoms with van der Waals surface area (Å²) in [6.45, 7) is 3.27. The third-order valence-electron chi connectivity index (χ3n) is 6.82. The van der Waals surface area contributed by atoms with Crippen LogP contribution >= 0.6 is 20.7 Å². The number of methoxy groups -OCH3 is 1. The number of hydrogen-bond donors (Lipinski definition) is 4. The maximum absolute atomic E-state index is 14.8. The molecule has 2 amide bonds. The number of carbonyl (C=O) groups is 2. The molecule has 1 aliphatic rings. The van der Waals surface area contributed by atoms with Gasteiger partial charge >= 0.3 is 0 Å².